The number of hydrogen-bond acceptors (Lipinski definition) is 2. The third-order valence-corrected chi connectivity index (χ3v) is 6.73. The first-order valence-electron chi connectivity index (χ1n) is 9.24. The van der Waals surface area contributed by atoms with Crippen molar-refractivity contribution >= 4 is 0 Å². The molecule has 1 N–H and O–H groups in total. The van der Waals surface area contributed by atoms with Crippen LogP contribution in [0.15, 0.2) is 30.3 Å². The molecule has 5 rings (SSSR count). The van der Waals surface area contributed by atoms with E-state index in [0.29, 0.717) is 12.0 Å². The Kier molecular flexibility index (Phi) is 3.78. The highest BCUT2D eigenvalue weighted by Gasteiger charge is 2.58. The van der Waals surface area contributed by atoms with E-state index in [-0.39, 0.29) is 5.54 Å². The van der Waals surface area contributed by atoms with Crippen molar-refractivity contribution in [3.05, 3.63) is 35.9 Å². The zero-order valence-corrected chi connectivity index (χ0v) is 13.7. The molecule has 2 heteroatoms. The van der Waals surface area contributed by atoms with Crippen LogP contribution in [0.3, 0.4) is 0 Å². The van der Waals surface area contributed by atoms with Gasteiger partial charge >= 0.3 is 0 Å². The average Bonchev–Trinajstić information content (AvgIpc) is 2.54. The van der Waals surface area contributed by atoms with Gasteiger partial charge in [-0.1, -0.05) is 50.1 Å². The summed E-state index contributed by atoms with van der Waals surface area (Å²) in [6.07, 6.45) is 9.94. The molecule has 2 saturated carbocycles. The van der Waals surface area contributed by atoms with E-state index in [4.69, 9.17) is 0 Å². The van der Waals surface area contributed by atoms with Crippen molar-refractivity contribution in [3.8, 4) is 0 Å². The van der Waals surface area contributed by atoms with Crippen molar-refractivity contribution in [2.45, 2.75) is 69.9 Å². The van der Waals surface area contributed by atoms with Crippen molar-refractivity contribution in [1.82, 2.24) is 5.06 Å². The fourth-order valence-corrected chi connectivity index (χ4v) is 5.87. The molecule has 4 aliphatic rings. The molecular formula is C20H29NO. The Balaban J connectivity index is 1.56. The van der Waals surface area contributed by atoms with E-state index in [9.17, 15) is 5.21 Å². The molecule has 2 nitrogen and oxygen atoms in total. The molecule has 0 spiro atoms. The standard InChI is InChI=1S/C20H29NO/c1-2-3-9-20-13-16-10-17(14-20)18(19(12-16)21(20)22)11-15-7-5-4-6-8-15/h4-8,16-19,22H,2-3,9-14H2,1H3/t16?,17?,18-,19?,20?/m0/s1. The number of rotatable bonds is 5. The Morgan fingerprint density at radius 2 is 2.00 bits per heavy atom. The first-order valence-corrected chi connectivity index (χ1v) is 9.24. The molecule has 2 heterocycles. The Hall–Kier alpha value is -0.860. The summed E-state index contributed by atoms with van der Waals surface area (Å²) in [6, 6.07) is 11.3. The zero-order chi connectivity index (χ0) is 15.2. The highest BCUT2D eigenvalue weighted by molar-refractivity contribution is 5.18. The van der Waals surface area contributed by atoms with Gasteiger partial charge in [0, 0.05) is 11.6 Å². The normalized spacial score (nSPS) is 40.3. The van der Waals surface area contributed by atoms with E-state index < -0.39 is 0 Å². The lowest BCUT2D eigenvalue weighted by molar-refractivity contribution is -0.295. The fraction of sp³-hybridized carbons (Fsp3) is 0.700. The smallest absolute Gasteiger partial charge is 0.0469 e. The number of benzene rings is 1. The summed E-state index contributed by atoms with van der Waals surface area (Å²) < 4.78 is 0. The Morgan fingerprint density at radius 3 is 2.77 bits per heavy atom. The van der Waals surface area contributed by atoms with E-state index in [0.717, 1.165) is 18.3 Å². The topological polar surface area (TPSA) is 23.5 Å². The van der Waals surface area contributed by atoms with Gasteiger partial charge in [-0.25, -0.2) is 0 Å². The summed E-state index contributed by atoms with van der Waals surface area (Å²) in [5.41, 5.74) is 1.57. The molecule has 4 unspecified atom stereocenters. The van der Waals surface area contributed by atoms with Gasteiger partial charge < -0.3 is 5.21 Å². The summed E-state index contributed by atoms with van der Waals surface area (Å²) in [6.45, 7) is 2.26. The van der Waals surface area contributed by atoms with Gasteiger partial charge in [0.1, 0.15) is 0 Å². The molecule has 22 heavy (non-hydrogen) atoms. The second-order valence-corrected chi connectivity index (χ2v) is 8.10. The second-order valence-electron chi connectivity index (χ2n) is 8.10. The zero-order valence-electron chi connectivity index (χ0n) is 13.7. The van der Waals surface area contributed by atoms with Crippen LogP contribution in [0.5, 0.6) is 0 Å². The predicted molar refractivity (Wildman–Crippen MR) is 88.8 cm³/mol. The van der Waals surface area contributed by atoms with Gasteiger partial charge in [0.2, 0.25) is 0 Å². The summed E-state index contributed by atoms with van der Waals surface area (Å²) in [4.78, 5) is 0. The van der Waals surface area contributed by atoms with Gasteiger partial charge in [-0.2, -0.15) is 5.06 Å². The molecule has 0 aromatic heterocycles. The molecule has 4 fully saturated rings. The largest absolute Gasteiger partial charge is 0.313 e. The summed E-state index contributed by atoms with van der Waals surface area (Å²) >= 11 is 0. The van der Waals surface area contributed by atoms with Crippen molar-refractivity contribution in [2.75, 3.05) is 0 Å². The molecule has 4 bridgehead atoms. The molecule has 5 atom stereocenters. The van der Waals surface area contributed by atoms with Crippen molar-refractivity contribution < 1.29 is 5.21 Å². The predicted octanol–water partition coefficient (Wildman–Crippen LogP) is 4.67. The van der Waals surface area contributed by atoms with E-state index in [1.165, 1.54) is 50.5 Å². The van der Waals surface area contributed by atoms with Crippen LogP contribution >= 0.6 is 0 Å². The SMILES string of the molecule is CCCCC12CC3CC(C1)[C@H](Cc1ccccc1)C(C3)N2O. The number of piperidine rings is 2. The monoisotopic (exact) mass is 299 g/mol. The average molecular weight is 299 g/mol. The van der Waals surface area contributed by atoms with Crippen LogP contribution < -0.4 is 0 Å². The van der Waals surface area contributed by atoms with Gasteiger partial charge in [-0.05, 0) is 61.8 Å². The van der Waals surface area contributed by atoms with Gasteiger partial charge in [0.25, 0.3) is 0 Å². The van der Waals surface area contributed by atoms with Crippen LogP contribution in [-0.4, -0.2) is 21.9 Å². The van der Waals surface area contributed by atoms with Crippen LogP contribution in [0, 0.1) is 17.8 Å². The third-order valence-electron chi connectivity index (χ3n) is 6.73. The number of nitrogens with zero attached hydrogens (tertiary/aromatic N) is 1. The van der Waals surface area contributed by atoms with Crippen molar-refractivity contribution in [3.63, 3.8) is 0 Å². The molecule has 2 aliphatic carbocycles. The minimum absolute atomic E-state index is 0.125. The molecule has 2 aliphatic heterocycles. The first kappa shape index (κ1) is 14.7. The highest BCUT2D eigenvalue weighted by Crippen LogP contribution is 2.58. The minimum atomic E-state index is 0.125. The highest BCUT2D eigenvalue weighted by atomic mass is 16.5. The molecule has 0 amide bonds. The summed E-state index contributed by atoms with van der Waals surface area (Å²) in [7, 11) is 0. The number of hydroxylamine groups is 2. The number of hydrogen-bond donors (Lipinski definition) is 1. The van der Waals surface area contributed by atoms with Crippen molar-refractivity contribution in [2.24, 2.45) is 17.8 Å². The van der Waals surface area contributed by atoms with Crippen LogP contribution in [0.1, 0.15) is 57.4 Å². The molecular weight excluding hydrogens is 270 g/mol. The molecule has 2 saturated heterocycles. The molecule has 0 radical (unpaired) electrons. The van der Waals surface area contributed by atoms with Crippen LogP contribution in [0.2, 0.25) is 0 Å². The van der Waals surface area contributed by atoms with E-state index in [2.05, 4.69) is 37.3 Å². The van der Waals surface area contributed by atoms with Gasteiger partial charge in [-0.15, -0.1) is 0 Å². The van der Waals surface area contributed by atoms with Crippen LogP contribution in [0.4, 0.5) is 0 Å². The third kappa shape index (κ3) is 2.32. The lowest BCUT2D eigenvalue weighted by Crippen LogP contribution is -2.68. The van der Waals surface area contributed by atoms with Gasteiger partial charge in [0.05, 0.1) is 0 Å². The lowest BCUT2D eigenvalue weighted by Gasteiger charge is -2.64. The molecule has 1 aromatic carbocycles. The first-order chi connectivity index (χ1) is 10.7. The Bertz CT molecular complexity index is 516. The quantitative estimate of drug-likeness (QED) is 0.854. The van der Waals surface area contributed by atoms with Gasteiger partial charge in [0.15, 0.2) is 0 Å². The number of unbranched alkanes of at least 4 members (excludes halogenated alkanes) is 1. The molecule has 1 aromatic rings. The fourth-order valence-electron chi connectivity index (χ4n) is 5.87. The van der Waals surface area contributed by atoms with E-state index in [1.54, 1.807) is 0 Å². The summed E-state index contributed by atoms with van der Waals surface area (Å²) in [5, 5.41) is 12.8. The maximum absolute atomic E-state index is 11.0. The minimum Gasteiger partial charge on any atom is -0.313 e. The summed E-state index contributed by atoms with van der Waals surface area (Å²) in [5.74, 6) is 2.35. The van der Waals surface area contributed by atoms with E-state index in [1.807, 2.05) is 5.06 Å². The van der Waals surface area contributed by atoms with Gasteiger partial charge in [-0.3, -0.25) is 0 Å². The molecule has 120 valence electrons. The van der Waals surface area contributed by atoms with Crippen LogP contribution in [0.25, 0.3) is 0 Å². The second kappa shape index (κ2) is 5.65. The maximum Gasteiger partial charge on any atom is 0.0469 e. The Labute approximate surface area is 134 Å². The van der Waals surface area contributed by atoms with E-state index >= 15 is 0 Å². The lowest BCUT2D eigenvalue weighted by atomic mass is 9.53. The maximum atomic E-state index is 11.0. The van der Waals surface area contributed by atoms with Crippen molar-refractivity contribution in [1.29, 1.82) is 0 Å². The Morgan fingerprint density at radius 1 is 1.18 bits per heavy atom. The van der Waals surface area contributed by atoms with Crippen LogP contribution in [-0.2, 0) is 6.42 Å².